The van der Waals surface area contributed by atoms with Gasteiger partial charge in [0.25, 0.3) is 0 Å². The minimum atomic E-state index is 0.456. The van der Waals surface area contributed by atoms with Crippen LogP contribution in [-0.2, 0) is 11.3 Å². The second-order valence-corrected chi connectivity index (χ2v) is 5.19. The van der Waals surface area contributed by atoms with E-state index < -0.39 is 0 Å². The molecule has 2 rings (SSSR count). The molecule has 0 amide bonds. The number of rotatable bonds is 5. The molecular formula is C15H24N2O. The molecule has 3 heteroatoms. The SMILES string of the molecule is CCCC1CC(NCc2ccc(C)nc2)CCO1. The zero-order valence-corrected chi connectivity index (χ0v) is 11.5. The fourth-order valence-electron chi connectivity index (χ4n) is 2.45. The highest BCUT2D eigenvalue weighted by Crippen LogP contribution is 2.18. The van der Waals surface area contributed by atoms with Crippen molar-refractivity contribution < 1.29 is 4.74 Å². The van der Waals surface area contributed by atoms with Crippen LogP contribution >= 0.6 is 0 Å². The smallest absolute Gasteiger partial charge is 0.0589 e. The summed E-state index contributed by atoms with van der Waals surface area (Å²) in [5.74, 6) is 0. The molecule has 1 aliphatic rings. The van der Waals surface area contributed by atoms with Crippen LogP contribution < -0.4 is 5.32 Å². The van der Waals surface area contributed by atoms with Crippen molar-refractivity contribution >= 4 is 0 Å². The summed E-state index contributed by atoms with van der Waals surface area (Å²) in [5.41, 5.74) is 2.34. The van der Waals surface area contributed by atoms with Gasteiger partial charge < -0.3 is 10.1 Å². The van der Waals surface area contributed by atoms with E-state index in [-0.39, 0.29) is 0 Å². The molecule has 2 unspecified atom stereocenters. The van der Waals surface area contributed by atoms with Gasteiger partial charge in [0.15, 0.2) is 0 Å². The van der Waals surface area contributed by atoms with Gasteiger partial charge in [0.05, 0.1) is 6.10 Å². The van der Waals surface area contributed by atoms with Crippen molar-refractivity contribution in [3.8, 4) is 0 Å². The van der Waals surface area contributed by atoms with Gasteiger partial charge in [-0.15, -0.1) is 0 Å². The molecule has 2 atom stereocenters. The molecule has 0 aliphatic carbocycles. The minimum absolute atomic E-state index is 0.456. The third kappa shape index (κ3) is 4.07. The van der Waals surface area contributed by atoms with E-state index >= 15 is 0 Å². The molecule has 0 aromatic carbocycles. The fourth-order valence-corrected chi connectivity index (χ4v) is 2.45. The van der Waals surface area contributed by atoms with Crippen molar-refractivity contribution in [2.75, 3.05) is 6.61 Å². The van der Waals surface area contributed by atoms with E-state index in [1.807, 2.05) is 13.1 Å². The molecule has 0 radical (unpaired) electrons. The van der Waals surface area contributed by atoms with Crippen LogP contribution in [0.1, 0.15) is 43.9 Å². The first-order valence-electron chi connectivity index (χ1n) is 7.04. The summed E-state index contributed by atoms with van der Waals surface area (Å²) in [4.78, 5) is 4.32. The van der Waals surface area contributed by atoms with Gasteiger partial charge in [-0.05, 0) is 37.8 Å². The first-order valence-corrected chi connectivity index (χ1v) is 7.04. The van der Waals surface area contributed by atoms with Crippen molar-refractivity contribution in [3.63, 3.8) is 0 Å². The van der Waals surface area contributed by atoms with E-state index in [4.69, 9.17) is 4.74 Å². The summed E-state index contributed by atoms with van der Waals surface area (Å²) in [6, 6.07) is 4.82. The highest BCUT2D eigenvalue weighted by atomic mass is 16.5. The molecule has 100 valence electrons. The number of pyridine rings is 1. The number of ether oxygens (including phenoxy) is 1. The third-order valence-corrected chi connectivity index (χ3v) is 3.55. The molecule has 1 N–H and O–H groups in total. The Balaban J connectivity index is 1.77. The fraction of sp³-hybridized carbons (Fsp3) is 0.667. The lowest BCUT2D eigenvalue weighted by atomic mass is 10.00. The third-order valence-electron chi connectivity index (χ3n) is 3.55. The highest BCUT2D eigenvalue weighted by molar-refractivity contribution is 5.12. The minimum Gasteiger partial charge on any atom is -0.378 e. The maximum absolute atomic E-state index is 5.76. The van der Waals surface area contributed by atoms with Crippen molar-refractivity contribution in [2.24, 2.45) is 0 Å². The van der Waals surface area contributed by atoms with Crippen LogP contribution in [0.4, 0.5) is 0 Å². The molecule has 1 aromatic rings. The predicted molar refractivity (Wildman–Crippen MR) is 73.5 cm³/mol. The van der Waals surface area contributed by atoms with Gasteiger partial charge in [-0.25, -0.2) is 0 Å². The number of hydrogen-bond acceptors (Lipinski definition) is 3. The number of aromatic nitrogens is 1. The van der Waals surface area contributed by atoms with Gasteiger partial charge in [0.1, 0.15) is 0 Å². The van der Waals surface area contributed by atoms with Gasteiger partial charge in [-0.2, -0.15) is 0 Å². The molecule has 1 saturated heterocycles. The molecule has 0 bridgehead atoms. The normalized spacial score (nSPS) is 24.1. The number of hydrogen-bond donors (Lipinski definition) is 1. The van der Waals surface area contributed by atoms with Gasteiger partial charge in [0.2, 0.25) is 0 Å². The molecule has 1 aromatic heterocycles. The first kappa shape index (κ1) is 13.5. The summed E-state index contributed by atoms with van der Waals surface area (Å²) in [7, 11) is 0. The Morgan fingerprint density at radius 3 is 3.06 bits per heavy atom. The van der Waals surface area contributed by atoms with Crippen LogP contribution in [0.25, 0.3) is 0 Å². The average molecular weight is 248 g/mol. The lowest BCUT2D eigenvalue weighted by molar-refractivity contribution is -0.00343. The number of nitrogens with one attached hydrogen (secondary N) is 1. The molecule has 1 aliphatic heterocycles. The lowest BCUT2D eigenvalue weighted by Gasteiger charge is -2.30. The van der Waals surface area contributed by atoms with E-state index in [0.717, 1.165) is 31.7 Å². The summed E-state index contributed by atoms with van der Waals surface area (Å²) in [5, 5.41) is 3.63. The van der Waals surface area contributed by atoms with Gasteiger partial charge in [-0.1, -0.05) is 19.4 Å². The maximum atomic E-state index is 5.76. The van der Waals surface area contributed by atoms with Crippen LogP contribution in [-0.4, -0.2) is 23.7 Å². The molecule has 1 fully saturated rings. The number of nitrogens with zero attached hydrogens (tertiary/aromatic N) is 1. The van der Waals surface area contributed by atoms with Crippen molar-refractivity contribution in [3.05, 3.63) is 29.6 Å². The maximum Gasteiger partial charge on any atom is 0.0589 e. The van der Waals surface area contributed by atoms with Crippen LogP contribution in [0.3, 0.4) is 0 Å². The van der Waals surface area contributed by atoms with E-state index in [1.54, 1.807) is 0 Å². The van der Waals surface area contributed by atoms with Gasteiger partial charge >= 0.3 is 0 Å². The summed E-state index contributed by atoms with van der Waals surface area (Å²) in [6.45, 7) is 6.05. The van der Waals surface area contributed by atoms with Crippen LogP contribution in [0, 0.1) is 6.92 Å². The zero-order valence-electron chi connectivity index (χ0n) is 11.5. The Kier molecular flexibility index (Phi) is 5.14. The van der Waals surface area contributed by atoms with E-state index in [0.29, 0.717) is 12.1 Å². The summed E-state index contributed by atoms with van der Waals surface area (Å²) < 4.78 is 5.76. The molecule has 2 heterocycles. The largest absolute Gasteiger partial charge is 0.378 e. The Morgan fingerprint density at radius 2 is 2.33 bits per heavy atom. The summed E-state index contributed by atoms with van der Waals surface area (Å²) >= 11 is 0. The Morgan fingerprint density at radius 1 is 1.44 bits per heavy atom. The van der Waals surface area contributed by atoms with Crippen LogP contribution in [0.2, 0.25) is 0 Å². The summed E-state index contributed by atoms with van der Waals surface area (Å²) in [6.07, 6.45) is 7.08. The molecular weight excluding hydrogens is 224 g/mol. The molecule has 0 saturated carbocycles. The van der Waals surface area contributed by atoms with Gasteiger partial charge in [-0.3, -0.25) is 4.98 Å². The standard InChI is InChI=1S/C15H24N2O/c1-3-4-15-9-14(7-8-18-15)17-11-13-6-5-12(2)16-10-13/h5-6,10,14-15,17H,3-4,7-9,11H2,1-2H3. The highest BCUT2D eigenvalue weighted by Gasteiger charge is 2.21. The Hall–Kier alpha value is -0.930. The van der Waals surface area contributed by atoms with Crippen molar-refractivity contribution in [1.82, 2.24) is 10.3 Å². The predicted octanol–water partition coefficient (Wildman–Crippen LogP) is 2.83. The van der Waals surface area contributed by atoms with Crippen LogP contribution in [0.5, 0.6) is 0 Å². The van der Waals surface area contributed by atoms with Crippen molar-refractivity contribution in [2.45, 2.75) is 58.2 Å². The second kappa shape index (κ2) is 6.86. The lowest BCUT2D eigenvalue weighted by Crippen LogP contribution is -2.38. The zero-order chi connectivity index (χ0) is 12.8. The molecule has 0 spiro atoms. The van der Waals surface area contributed by atoms with E-state index in [2.05, 4.69) is 29.4 Å². The van der Waals surface area contributed by atoms with Crippen molar-refractivity contribution in [1.29, 1.82) is 0 Å². The van der Waals surface area contributed by atoms with Gasteiger partial charge in [0, 0.05) is 31.1 Å². The first-order chi connectivity index (χ1) is 8.78. The monoisotopic (exact) mass is 248 g/mol. The average Bonchev–Trinajstić information content (AvgIpc) is 2.39. The molecule has 3 nitrogen and oxygen atoms in total. The topological polar surface area (TPSA) is 34.2 Å². The second-order valence-electron chi connectivity index (χ2n) is 5.19. The Bertz CT molecular complexity index is 348. The van der Waals surface area contributed by atoms with Crippen LogP contribution in [0.15, 0.2) is 18.3 Å². The van der Waals surface area contributed by atoms with E-state index in [9.17, 15) is 0 Å². The Labute approximate surface area is 110 Å². The quantitative estimate of drug-likeness (QED) is 0.870. The molecule has 18 heavy (non-hydrogen) atoms. The van der Waals surface area contributed by atoms with E-state index in [1.165, 1.54) is 18.4 Å². The number of aryl methyl sites for hydroxylation is 1.